The van der Waals surface area contributed by atoms with Gasteiger partial charge in [-0.05, 0) is 25.0 Å². The Hall–Kier alpha value is -1.59. The average molecular weight is 251 g/mol. The Balaban J connectivity index is 1.81. The smallest absolute Gasteiger partial charge is 0.339 e. The van der Waals surface area contributed by atoms with Crippen LogP contribution in [0.1, 0.15) is 23.2 Å². The monoisotopic (exact) mass is 251 g/mol. The highest BCUT2D eigenvalue weighted by Crippen LogP contribution is 2.34. The maximum atomic E-state index is 10.9. The lowest BCUT2D eigenvalue weighted by Crippen LogP contribution is -2.37. The molecule has 0 aliphatic heterocycles. The van der Waals surface area contributed by atoms with Gasteiger partial charge < -0.3 is 20.3 Å². The van der Waals surface area contributed by atoms with Gasteiger partial charge >= 0.3 is 5.97 Å². The van der Waals surface area contributed by atoms with Crippen LogP contribution in [0, 0.1) is 0 Å². The zero-order valence-corrected chi connectivity index (χ0v) is 10.1. The SMILES string of the molecule is O=C(O)c1ccccc1OCCNC1(CO)CC1. The summed E-state index contributed by atoms with van der Waals surface area (Å²) in [6.07, 6.45) is 1.96. The minimum atomic E-state index is -0.993. The van der Waals surface area contributed by atoms with E-state index in [1.807, 2.05) is 0 Å². The Morgan fingerprint density at radius 3 is 2.72 bits per heavy atom. The molecule has 0 aromatic heterocycles. The number of aliphatic hydroxyl groups excluding tert-OH is 1. The lowest BCUT2D eigenvalue weighted by Gasteiger charge is -2.15. The second-order valence-corrected chi connectivity index (χ2v) is 4.51. The number of aliphatic hydroxyl groups is 1. The van der Waals surface area contributed by atoms with Gasteiger partial charge in [-0.1, -0.05) is 12.1 Å². The molecule has 0 radical (unpaired) electrons. The molecule has 18 heavy (non-hydrogen) atoms. The Morgan fingerprint density at radius 1 is 1.39 bits per heavy atom. The van der Waals surface area contributed by atoms with Gasteiger partial charge in [-0.2, -0.15) is 0 Å². The van der Waals surface area contributed by atoms with Gasteiger partial charge in [0.15, 0.2) is 0 Å². The van der Waals surface area contributed by atoms with Crippen molar-refractivity contribution in [2.75, 3.05) is 19.8 Å². The molecule has 0 saturated heterocycles. The third-order valence-electron chi connectivity index (χ3n) is 3.13. The summed E-state index contributed by atoms with van der Waals surface area (Å²) in [6, 6.07) is 6.56. The van der Waals surface area contributed by atoms with Gasteiger partial charge in [-0.3, -0.25) is 0 Å². The van der Waals surface area contributed by atoms with E-state index >= 15 is 0 Å². The largest absolute Gasteiger partial charge is 0.491 e. The van der Waals surface area contributed by atoms with Crippen LogP contribution in [0.4, 0.5) is 0 Å². The molecule has 1 saturated carbocycles. The fourth-order valence-electron chi connectivity index (χ4n) is 1.79. The number of hydrogen-bond donors (Lipinski definition) is 3. The molecule has 1 aliphatic carbocycles. The van der Waals surface area contributed by atoms with Crippen molar-refractivity contribution in [1.29, 1.82) is 0 Å². The number of carboxylic acid groups (broad SMARTS) is 1. The summed E-state index contributed by atoms with van der Waals surface area (Å²) in [6.45, 7) is 1.11. The summed E-state index contributed by atoms with van der Waals surface area (Å²) in [5.41, 5.74) is 0.0520. The normalized spacial score (nSPS) is 16.3. The fourth-order valence-corrected chi connectivity index (χ4v) is 1.79. The van der Waals surface area contributed by atoms with Crippen molar-refractivity contribution in [1.82, 2.24) is 5.32 Å². The van der Waals surface area contributed by atoms with E-state index in [9.17, 15) is 4.79 Å². The Labute approximate surface area is 105 Å². The minimum Gasteiger partial charge on any atom is -0.491 e. The Kier molecular flexibility index (Phi) is 3.84. The van der Waals surface area contributed by atoms with E-state index in [2.05, 4.69) is 5.32 Å². The van der Waals surface area contributed by atoms with Gasteiger partial charge in [0, 0.05) is 12.1 Å². The maximum absolute atomic E-state index is 10.9. The van der Waals surface area contributed by atoms with Crippen LogP contribution in [0.3, 0.4) is 0 Å². The number of rotatable bonds is 7. The Bertz CT molecular complexity index is 429. The van der Waals surface area contributed by atoms with Crippen molar-refractivity contribution in [3.63, 3.8) is 0 Å². The molecule has 0 heterocycles. The molecule has 1 fully saturated rings. The first kappa shape index (κ1) is 12.9. The number of carbonyl (C=O) groups is 1. The first-order valence-corrected chi connectivity index (χ1v) is 5.98. The Morgan fingerprint density at radius 2 is 2.11 bits per heavy atom. The quantitative estimate of drug-likeness (QED) is 0.627. The number of hydrogen-bond acceptors (Lipinski definition) is 4. The third-order valence-corrected chi connectivity index (χ3v) is 3.13. The third kappa shape index (κ3) is 3.00. The molecule has 0 amide bonds. The van der Waals surface area contributed by atoms with Gasteiger partial charge in [0.05, 0.1) is 6.61 Å². The lowest BCUT2D eigenvalue weighted by molar-refractivity contribution is 0.0692. The molecule has 0 bridgehead atoms. The highest BCUT2D eigenvalue weighted by atomic mass is 16.5. The number of aromatic carboxylic acids is 1. The van der Waals surface area contributed by atoms with Crippen LogP contribution in [0.5, 0.6) is 5.75 Å². The predicted molar refractivity (Wildman–Crippen MR) is 65.9 cm³/mol. The zero-order valence-electron chi connectivity index (χ0n) is 10.1. The number of nitrogens with one attached hydrogen (secondary N) is 1. The second-order valence-electron chi connectivity index (χ2n) is 4.51. The molecule has 0 atom stereocenters. The van der Waals surface area contributed by atoms with Crippen LogP contribution >= 0.6 is 0 Å². The summed E-state index contributed by atoms with van der Waals surface area (Å²) in [5, 5.41) is 21.3. The van der Waals surface area contributed by atoms with Gasteiger partial charge in [0.1, 0.15) is 17.9 Å². The molecule has 3 N–H and O–H groups in total. The van der Waals surface area contributed by atoms with Gasteiger partial charge in [-0.15, -0.1) is 0 Å². The highest BCUT2D eigenvalue weighted by molar-refractivity contribution is 5.90. The minimum absolute atomic E-state index is 0.115. The number of para-hydroxylation sites is 1. The molecule has 5 heteroatoms. The molecule has 1 aliphatic rings. The van der Waals surface area contributed by atoms with Crippen molar-refractivity contribution in [2.24, 2.45) is 0 Å². The van der Waals surface area contributed by atoms with E-state index in [4.69, 9.17) is 14.9 Å². The maximum Gasteiger partial charge on any atom is 0.339 e. The van der Waals surface area contributed by atoms with E-state index in [0.717, 1.165) is 12.8 Å². The van der Waals surface area contributed by atoms with Gasteiger partial charge in [0.25, 0.3) is 0 Å². The fraction of sp³-hybridized carbons (Fsp3) is 0.462. The van der Waals surface area contributed by atoms with E-state index in [0.29, 0.717) is 18.9 Å². The average Bonchev–Trinajstić information content (AvgIpc) is 3.16. The first-order valence-electron chi connectivity index (χ1n) is 5.98. The highest BCUT2D eigenvalue weighted by Gasteiger charge is 2.41. The summed E-state index contributed by atoms with van der Waals surface area (Å²) >= 11 is 0. The number of ether oxygens (including phenoxy) is 1. The lowest BCUT2D eigenvalue weighted by atomic mass is 10.2. The van der Waals surface area contributed by atoms with E-state index < -0.39 is 5.97 Å². The van der Waals surface area contributed by atoms with Gasteiger partial charge in [0.2, 0.25) is 0 Å². The molecule has 2 rings (SSSR count). The summed E-state index contributed by atoms with van der Waals surface area (Å²) in [5.74, 6) is -0.617. The molecule has 98 valence electrons. The first-order chi connectivity index (χ1) is 8.67. The van der Waals surface area contributed by atoms with Crippen molar-refractivity contribution in [3.8, 4) is 5.75 Å². The second kappa shape index (κ2) is 5.37. The molecule has 0 spiro atoms. The summed E-state index contributed by atoms with van der Waals surface area (Å²) in [4.78, 5) is 10.9. The summed E-state index contributed by atoms with van der Waals surface area (Å²) in [7, 11) is 0. The van der Waals surface area contributed by atoms with Crippen molar-refractivity contribution in [3.05, 3.63) is 29.8 Å². The predicted octanol–water partition coefficient (Wildman–Crippen LogP) is 0.878. The van der Waals surface area contributed by atoms with Crippen LogP contribution < -0.4 is 10.1 Å². The molecule has 5 nitrogen and oxygen atoms in total. The van der Waals surface area contributed by atoms with Crippen molar-refractivity contribution >= 4 is 5.97 Å². The van der Waals surface area contributed by atoms with E-state index in [1.54, 1.807) is 18.2 Å². The van der Waals surface area contributed by atoms with E-state index in [-0.39, 0.29) is 17.7 Å². The molecular formula is C13H17NO4. The molecule has 1 aromatic rings. The number of carboxylic acids is 1. The van der Waals surface area contributed by atoms with Gasteiger partial charge in [-0.25, -0.2) is 4.79 Å². The van der Waals surface area contributed by atoms with Crippen LogP contribution in [-0.2, 0) is 0 Å². The van der Waals surface area contributed by atoms with Crippen LogP contribution in [0.25, 0.3) is 0 Å². The van der Waals surface area contributed by atoms with Crippen molar-refractivity contribution in [2.45, 2.75) is 18.4 Å². The number of benzene rings is 1. The molecule has 0 unspecified atom stereocenters. The van der Waals surface area contributed by atoms with Crippen molar-refractivity contribution < 1.29 is 19.7 Å². The topological polar surface area (TPSA) is 78.8 Å². The summed E-state index contributed by atoms with van der Waals surface area (Å²) < 4.78 is 5.44. The van der Waals surface area contributed by atoms with E-state index in [1.165, 1.54) is 6.07 Å². The standard InChI is InChI=1S/C13H17NO4/c15-9-13(5-6-13)14-7-8-18-11-4-2-1-3-10(11)12(16)17/h1-4,14-15H,5-9H2,(H,16,17). The molecule has 1 aromatic carbocycles. The molecular weight excluding hydrogens is 234 g/mol. The zero-order chi connectivity index (χ0) is 13.0. The van der Waals surface area contributed by atoms with Crippen LogP contribution in [0.15, 0.2) is 24.3 Å². The van der Waals surface area contributed by atoms with Crippen LogP contribution in [-0.4, -0.2) is 41.5 Å². The van der Waals surface area contributed by atoms with Crippen LogP contribution in [0.2, 0.25) is 0 Å².